The standard InChI is InChI=1S/C9H17N3O3/c1-11(2)8(13)7-10-9(14)12-3-5-15-6-4-12/h3-7H2,1-2H3,(H,10,14). The molecule has 1 aliphatic heterocycles. The molecule has 0 aliphatic carbocycles. The fraction of sp³-hybridized carbons (Fsp3) is 0.778. The lowest BCUT2D eigenvalue weighted by Gasteiger charge is -2.27. The first-order valence-electron chi connectivity index (χ1n) is 4.92. The summed E-state index contributed by atoms with van der Waals surface area (Å²) in [6.07, 6.45) is 0. The molecule has 0 atom stereocenters. The highest BCUT2D eigenvalue weighted by Gasteiger charge is 2.17. The van der Waals surface area contributed by atoms with Crippen LogP contribution < -0.4 is 5.32 Å². The van der Waals surface area contributed by atoms with Crippen molar-refractivity contribution in [3.05, 3.63) is 0 Å². The van der Waals surface area contributed by atoms with Gasteiger partial charge in [0, 0.05) is 27.2 Å². The first-order chi connectivity index (χ1) is 7.11. The van der Waals surface area contributed by atoms with Crippen molar-refractivity contribution in [1.82, 2.24) is 15.1 Å². The molecule has 3 amide bonds. The van der Waals surface area contributed by atoms with Crippen molar-refractivity contribution in [2.75, 3.05) is 46.9 Å². The molecule has 0 saturated carbocycles. The molecule has 1 heterocycles. The van der Waals surface area contributed by atoms with Gasteiger partial charge < -0.3 is 19.9 Å². The lowest BCUT2D eigenvalue weighted by Crippen LogP contribution is -2.48. The predicted molar refractivity (Wildman–Crippen MR) is 54.5 cm³/mol. The molecule has 0 spiro atoms. The third kappa shape index (κ3) is 3.75. The molecule has 0 aromatic heterocycles. The van der Waals surface area contributed by atoms with Crippen molar-refractivity contribution >= 4 is 11.9 Å². The summed E-state index contributed by atoms with van der Waals surface area (Å²) in [6, 6.07) is -0.200. The van der Waals surface area contributed by atoms with E-state index in [1.807, 2.05) is 0 Å². The van der Waals surface area contributed by atoms with Crippen molar-refractivity contribution in [3.8, 4) is 0 Å². The average molecular weight is 215 g/mol. The van der Waals surface area contributed by atoms with Crippen LogP contribution in [0, 0.1) is 0 Å². The summed E-state index contributed by atoms with van der Waals surface area (Å²) >= 11 is 0. The van der Waals surface area contributed by atoms with Gasteiger partial charge in [-0.3, -0.25) is 4.79 Å². The van der Waals surface area contributed by atoms with E-state index in [9.17, 15) is 9.59 Å². The predicted octanol–water partition coefficient (Wildman–Crippen LogP) is -0.884. The molecule has 0 unspecified atom stereocenters. The second-order valence-electron chi connectivity index (χ2n) is 3.55. The Labute approximate surface area is 89.2 Å². The zero-order valence-corrected chi connectivity index (χ0v) is 9.15. The average Bonchev–Trinajstić information content (AvgIpc) is 2.26. The van der Waals surface area contributed by atoms with Crippen LogP contribution in [0.5, 0.6) is 0 Å². The Bertz CT molecular complexity index is 237. The van der Waals surface area contributed by atoms with Crippen molar-refractivity contribution in [3.63, 3.8) is 0 Å². The largest absolute Gasteiger partial charge is 0.378 e. The third-order valence-corrected chi connectivity index (χ3v) is 2.19. The van der Waals surface area contributed by atoms with E-state index in [1.165, 1.54) is 4.90 Å². The molecule has 0 aromatic rings. The van der Waals surface area contributed by atoms with Gasteiger partial charge in [0.25, 0.3) is 0 Å². The molecule has 0 aromatic carbocycles. The van der Waals surface area contributed by atoms with Gasteiger partial charge in [0.05, 0.1) is 19.8 Å². The second-order valence-corrected chi connectivity index (χ2v) is 3.55. The number of nitrogens with one attached hydrogen (secondary N) is 1. The summed E-state index contributed by atoms with van der Waals surface area (Å²) in [5, 5.41) is 2.57. The molecule has 0 bridgehead atoms. The number of morpholine rings is 1. The molecule has 1 aliphatic rings. The Morgan fingerprint density at radius 2 is 1.93 bits per heavy atom. The SMILES string of the molecule is CN(C)C(=O)CNC(=O)N1CCOCC1. The zero-order chi connectivity index (χ0) is 11.3. The van der Waals surface area contributed by atoms with Crippen molar-refractivity contribution in [2.45, 2.75) is 0 Å². The summed E-state index contributed by atoms with van der Waals surface area (Å²) in [4.78, 5) is 25.8. The number of amides is 3. The summed E-state index contributed by atoms with van der Waals surface area (Å²) in [7, 11) is 3.31. The Kier molecular flexibility index (Phi) is 4.36. The second kappa shape index (κ2) is 5.55. The Hall–Kier alpha value is -1.30. The molecule has 6 nitrogen and oxygen atoms in total. The summed E-state index contributed by atoms with van der Waals surface area (Å²) in [6.45, 7) is 2.34. The van der Waals surface area contributed by atoms with E-state index in [0.717, 1.165) is 0 Å². The number of likely N-dealkylation sites (N-methyl/N-ethyl adjacent to an activating group) is 1. The quantitative estimate of drug-likeness (QED) is 0.650. The van der Waals surface area contributed by atoms with Crippen LogP contribution in [0.25, 0.3) is 0 Å². The van der Waals surface area contributed by atoms with Gasteiger partial charge in [-0.1, -0.05) is 0 Å². The minimum Gasteiger partial charge on any atom is -0.378 e. The van der Waals surface area contributed by atoms with Gasteiger partial charge >= 0.3 is 6.03 Å². The topological polar surface area (TPSA) is 61.9 Å². The summed E-state index contributed by atoms with van der Waals surface area (Å²) in [5.41, 5.74) is 0. The maximum absolute atomic E-state index is 11.5. The van der Waals surface area contributed by atoms with Crippen LogP contribution in [0.3, 0.4) is 0 Å². The Balaban J connectivity index is 2.26. The Morgan fingerprint density at radius 3 is 2.47 bits per heavy atom. The van der Waals surface area contributed by atoms with Crippen molar-refractivity contribution in [1.29, 1.82) is 0 Å². The maximum Gasteiger partial charge on any atom is 0.317 e. The normalized spacial score (nSPS) is 16.0. The fourth-order valence-electron chi connectivity index (χ4n) is 1.19. The van der Waals surface area contributed by atoms with E-state index < -0.39 is 0 Å². The minimum absolute atomic E-state index is 0.0448. The fourth-order valence-corrected chi connectivity index (χ4v) is 1.19. The van der Waals surface area contributed by atoms with Crippen LogP contribution in [0.2, 0.25) is 0 Å². The molecule has 1 rings (SSSR count). The van der Waals surface area contributed by atoms with Crippen LogP contribution >= 0.6 is 0 Å². The van der Waals surface area contributed by atoms with Gasteiger partial charge in [0.1, 0.15) is 0 Å². The highest BCUT2D eigenvalue weighted by atomic mass is 16.5. The molecule has 1 fully saturated rings. The number of nitrogens with zero attached hydrogens (tertiary/aromatic N) is 2. The third-order valence-electron chi connectivity index (χ3n) is 2.19. The van der Waals surface area contributed by atoms with Gasteiger partial charge in [-0.05, 0) is 0 Å². The van der Waals surface area contributed by atoms with Crippen LogP contribution in [0.15, 0.2) is 0 Å². The van der Waals surface area contributed by atoms with Gasteiger partial charge in [0.2, 0.25) is 5.91 Å². The number of hydrogen-bond acceptors (Lipinski definition) is 3. The number of urea groups is 1. The molecule has 86 valence electrons. The van der Waals surface area contributed by atoms with Gasteiger partial charge in [-0.25, -0.2) is 4.79 Å². The van der Waals surface area contributed by atoms with Gasteiger partial charge in [-0.2, -0.15) is 0 Å². The molecule has 6 heteroatoms. The van der Waals surface area contributed by atoms with Crippen molar-refractivity contribution < 1.29 is 14.3 Å². The monoisotopic (exact) mass is 215 g/mol. The number of carbonyl (C=O) groups is 2. The van der Waals surface area contributed by atoms with E-state index in [4.69, 9.17) is 4.74 Å². The summed E-state index contributed by atoms with van der Waals surface area (Å²) in [5.74, 6) is -0.114. The zero-order valence-electron chi connectivity index (χ0n) is 9.15. The smallest absolute Gasteiger partial charge is 0.317 e. The van der Waals surface area contributed by atoms with E-state index in [-0.39, 0.29) is 18.5 Å². The lowest BCUT2D eigenvalue weighted by atomic mass is 10.4. The first-order valence-corrected chi connectivity index (χ1v) is 4.92. The molecule has 1 saturated heterocycles. The lowest BCUT2D eigenvalue weighted by molar-refractivity contribution is -0.127. The molecular formula is C9H17N3O3. The number of ether oxygens (including phenoxy) is 1. The number of carbonyl (C=O) groups excluding carboxylic acids is 2. The van der Waals surface area contributed by atoms with E-state index in [0.29, 0.717) is 26.3 Å². The van der Waals surface area contributed by atoms with Crippen molar-refractivity contribution in [2.24, 2.45) is 0 Å². The number of rotatable bonds is 2. The van der Waals surface area contributed by atoms with Crippen LogP contribution in [0.4, 0.5) is 4.79 Å². The molecule has 1 N–H and O–H groups in total. The van der Waals surface area contributed by atoms with Crippen LogP contribution in [-0.2, 0) is 9.53 Å². The van der Waals surface area contributed by atoms with E-state index in [1.54, 1.807) is 19.0 Å². The van der Waals surface area contributed by atoms with E-state index >= 15 is 0 Å². The molecular weight excluding hydrogens is 198 g/mol. The highest BCUT2D eigenvalue weighted by Crippen LogP contribution is 1.96. The first kappa shape index (κ1) is 11.8. The van der Waals surface area contributed by atoms with E-state index in [2.05, 4.69) is 5.32 Å². The maximum atomic E-state index is 11.5. The van der Waals surface area contributed by atoms with Gasteiger partial charge in [0.15, 0.2) is 0 Å². The van der Waals surface area contributed by atoms with Crippen LogP contribution in [0.1, 0.15) is 0 Å². The molecule has 0 radical (unpaired) electrons. The van der Waals surface area contributed by atoms with Crippen LogP contribution in [-0.4, -0.2) is 68.7 Å². The minimum atomic E-state index is -0.200. The Morgan fingerprint density at radius 1 is 1.33 bits per heavy atom. The summed E-state index contributed by atoms with van der Waals surface area (Å²) < 4.78 is 5.12. The van der Waals surface area contributed by atoms with Gasteiger partial charge in [-0.15, -0.1) is 0 Å². The number of hydrogen-bond donors (Lipinski definition) is 1. The molecule has 15 heavy (non-hydrogen) atoms. The highest BCUT2D eigenvalue weighted by molar-refractivity contribution is 5.83.